The van der Waals surface area contributed by atoms with E-state index in [2.05, 4.69) is 18.9 Å². The van der Waals surface area contributed by atoms with Crippen LogP contribution >= 0.6 is 11.6 Å². The van der Waals surface area contributed by atoms with E-state index in [1.807, 2.05) is 42.1 Å². The van der Waals surface area contributed by atoms with Crippen LogP contribution in [-0.2, 0) is 0 Å². The first-order chi connectivity index (χ1) is 8.49. The highest BCUT2D eigenvalue weighted by Crippen LogP contribution is 2.24. The van der Waals surface area contributed by atoms with Gasteiger partial charge in [0.25, 0.3) is 0 Å². The molecule has 0 fully saturated rings. The summed E-state index contributed by atoms with van der Waals surface area (Å²) in [7, 11) is 0. The second-order valence-electron chi connectivity index (χ2n) is 4.84. The molecule has 0 aliphatic rings. The molecule has 4 heteroatoms. The SMILES string of the molecule is CC(C)c1ccn(-c2ccc(C(C)N)cc2Cl)n1. The Morgan fingerprint density at radius 2 is 1.94 bits per heavy atom. The predicted octanol–water partition coefficient (Wildman–Crippen LogP) is 3.67. The highest BCUT2D eigenvalue weighted by molar-refractivity contribution is 6.32. The molecule has 96 valence electrons. The van der Waals surface area contributed by atoms with Gasteiger partial charge in [0, 0.05) is 12.2 Å². The van der Waals surface area contributed by atoms with Crippen LogP contribution in [0.3, 0.4) is 0 Å². The maximum Gasteiger partial charge on any atom is 0.0832 e. The van der Waals surface area contributed by atoms with Gasteiger partial charge in [-0.2, -0.15) is 5.10 Å². The van der Waals surface area contributed by atoms with Gasteiger partial charge < -0.3 is 5.73 Å². The second-order valence-corrected chi connectivity index (χ2v) is 5.25. The molecule has 0 spiro atoms. The first kappa shape index (κ1) is 13.1. The minimum atomic E-state index is -0.0135. The average molecular weight is 264 g/mol. The summed E-state index contributed by atoms with van der Waals surface area (Å²) in [6, 6.07) is 7.85. The largest absolute Gasteiger partial charge is 0.324 e. The molecule has 0 radical (unpaired) electrons. The third-order valence-corrected chi connectivity index (χ3v) is 3.25. The van der Waals surface area contributed by atoms with E-state index >= 15 is 0 Å². The van der Waals surface area contributed by atoms with Gasteiger partial charge in [0.2, 0.25) is 0 Å². The molecule has 1 unspecified atom stereocenters. The van der Waals surface area contributed by atoms with Gasteiger partial charge >= 0.3 is 0 Å². The zero-order chi connectivity index (χ0) is 13.3. The molecule has 2 N–H and O–H groups in total. The van der Waals surface area contributed by atoms with Gasteiger partial charge in [0.05, 0.1) is 16.4 Å². The highest BCUT2D eigenvalue weighted by atomic mass is 35.5. The normalized spacial score (nSPS) is 13.0. The van der Waals surface area contributed by atoms with Crippen molar-refractivity contribution in [1.29, 1.82) is 0 Å². The molecule has 1 aromatic carbocycles. The fourth-order valence-corrected chi connectivity index (χ4v) is 2.05. The fraction of sp³-hybridized carbons (Fsp3) is 0.357. The Kier molecular flexibility index (Phi) is 3.73. The average Bonchev–Trinajstić information content (AvgIpc) is 2.78. The number of nitrogens with two attached hydrogens (primary N) is 1. The van der Waals surface area contributed by atoms with Crippen molar-refractivity contribution in [3.05, 3.63) is 46.7 Å². The number of benzene rings is 1. The monoisotopic (exact) mass is 263 g/mol. The number of hydrogen-bond donors (Lipinski definition) is 1. The maximum absolute atomic E-state index is 6.28. The van der Waals surface area contributed by atoms with Gasteiger partial charge in [-0.1, -0.05) is 31.5 Å². The van der Waals surface area contributed by atoms with Gasteiger partial charge in [0.15, 0.2) is 0 Å². The molecule has 0 amide bonds. The molecule has 1 heterocycles. The molecular weight excluding hydrogens is 246 g/mol. The van der Waals surface area contributed by atoms with Crippen LogP contribution < -0.4 is 5.73 Å². The summed E-state index contributed by atoms with van der Waals surface area (Å²) in [6.07, 6.45) is 1.93. The summed E-state index contributed by atoms with van der Waals surface area (Å²) in [5, 5.41) is 5.19. The van der Waals surface area contributed by atoms with Crippen LogP contribution in [0.15, 0.2) is 30.5 Å². The van der Waals surface area contributed by atoms with E-state index in [4.69, 9.17) is 17.3 Å². The van der Waals surface area contributed by atoms with Gasteiger partial charge in [-0.25, -0.2) is 4.68 Å². The minimum absolute atomic E-state index is 0.0135. The zero-order valence-corrected chi connectivity index (χ0v) is 11.6. The lowest BCUT2D eigenvalue weighted by atomic mass is 10.1. The molecule has 2 rings (SSSR count). The van der Waals surface area contributed by atoms with Crippen LogP contribution in [0.2, 0.25) is 5.02 Å². The fourth-order valence-electron chi connectivity index (χ4n) is 1.77. The topological polar surface area (TPSA) is 43.8 Å². The van der Waals surface area contributed by atoms with E-state index in [9.17, 15) is 0 Å². The molecule has 2 aromatic rings. The van der Waals surface area contributed by atoms with Gasteiger partial charge in [-0.3, -0.25) is 0 Å². The van der Waals surface area contributed by atoms with Crippen molar-refractivity contribution in [2.75, 3.05) is 0 Å². The standard InChI is InChI=1S/C14H18ClN3/c1-9(2)13-6-7-18(17-13)14-5-4-11(10(3)16)8-12(14)15/h4-10H,16H2,1-3H3. The maximum atomic E-state index is 6.28. The van der Waals surface area contributed by atoms with Crippen molar-refractivity contribution in [2.24, 2.45) is 5.73 Å². The Balaban J connectivity index is 2.38. The van der Waals surface area contributed by atoms with E-state index in [0.29, 0.717) is 10.9 Å². The van der Waals surface area contributed by atoms with E-state index in [1.165, 1.54) is 0 Å². The summed E-state index contributed by atoms with van der Waals surface area (Å²) in [5.41, 5.74) is 8.80. The number of nitrogens with zero attached hydrogens (tertiary/aromatic N) is 2. The van der Waals surface area contributed by atoms with Crippen LogP contribution in [0.1, 0.15) is 44.0 Å². The van der Waals surface area contributed by atoms with Gasteiger partial charge in [-0.05, 0) is 36.6 Å². The Morgan fingerprint density at radius 1 is 1.22 bits per heavy atom. The second kappa shape index (κ2) is 5.12. The Hall–Kier alpha value is -1.32. The summed E-state index contributed by atoms with van der Waals surface area (Å²) in [6.45, 7) is 6.18. The zero-order valence-electron chi connectivity index (χ0n) is 10.9. The summed E-state index contributed by atoms with van der Waals surface area (Å²) >= 11 is 6.28. The van der Waals surface area contributed by atoms with Crippen molar-refractivity contribution in [1.82, 2.24) is 9.78 Å². The van der Waals surface area contributed by atoms with Crippen LogP contribution in [0, 0.1) is 0 Å². The van der Waals surface area contributed by atoms with Crippen LogP contribution in [-0.4, -0.2) is 9.78 Å². The highest BCUT2D eigenvalue weighted by Gasteiger charge is 2.09. The molecule has 0 saturated carbocycles. The molecule has 1 atom stereocenters. The molecule has 0 aliphatic carbocycles. The quantitative estimate of drug-likeness (QED) is 0.918. The lowest BCUT2D eigenvalue weighted by molar-refractivity contribution is 0.766. The Morgan fingerprint density at radius 3 is 2.44 bits per heavy atom. The molecule has 3 nitrogen and oxygen atoms in total. The molecule has 1 aromatic heterocycles. The number of hydrogen-bond acceptors (Lipinski definition) is 2. The predicted molar refractivity (Wildman–Crippen MR) is 75.3 cm³/mol. The third-order valence-electron chi connectivity index (χ3n) is 2.95. The van der Waals surface area contributed by atoms with Gasteiger partial charge in [0.1, 0.15) is 0 Å². The van der Waals surface area contributed by atoms with Crippen molar-refractivity contribution in [3.63, 3.8) is 0 Å². The van der Waals surface area contributed by atoms with Crippen LogP contribution in [0.25, 0.3) is 5.69 Å². The molecule has 0 aliphatic heterocycles. The molecule has 0 bridgehead atoms. The van der Waals surface area contributed by atoms with E-state index in [1.54, 1.807) is 0 Å². The Bertz CT molecular complexity index is 544. The Labute approximate surface area is 113 Å². The minimum Gasteiger partial charge on any atom is -0.324 e. The van der Waals surface area contributed by atoms with Gasteiger partial charge in [-0.15, -0.1) is 0 Å². The lowest BCUT2D eigenvalue weighted by Gasteiger charge is -2.09. The van der Waals surface area contributed by atoms with Crippen molar-refractivity contribution < 1.29 is 0 Å². The summed E-state index contributed by atoms with van der Waals surface area (Å²) in [4.78, 5) is 0. The smallest absolute Gasteiger partial charge is 0.0832 e. The molecule has 18 heavy (non-hydrogen) atoms. The molecule has 0 saturated heterocycles. The third kappa shape index (κ3) is 2.57. The van der Waals surface area contributed by atoms with Crippen molar-refractivity contribution >= 4 is 11.6 Å². The summed E-state index contributed by atoms with van der Waals surface area (Å²) < 4.78 is 1.81. The summed E-state index contributed by atoms with van der Waals surface area (Å²) in [5.74, 6) is 0.411. The molecular formula is C14H18ClN3. The van der Waals surface area contributed by atoms with E-state index < -0.39 is 0 Å². The lowest BCUT2D eigenvalue weighted by Crippen LogP contribution is -2.06. The van der Waals surface area contributed by atoms with Crippen molar-refractivity contribution in [3.8, 4) is 5.69 Å². The van der Waals surface area contributed by atoms with E-state index in [-0.39, 0.29) is 6.04 Å². The first-order valence-corrected chi connectivity index (χ1v) is 6.48. The van der Waals surface area contributed by atoms with E-state index in [0.717, 1.165) is 16.9 Å². The van der Waals surface area contributed by atoms with Crippen LogP contribution in [0.5, 0.6) is 0 Å². The number of halogens is 1. The van der Waals surface area contributed by atoms with Crippen molar-refractivity contribution in [2.45, 2.75) is 32.7 Å². The first-order valence-electron chi connectivity index (χ1n) is 6.10. The number of rotatable bonds is 3. The number of aromatic nitrogens is 2. The van der Waals surface area contributed by atoms with Crippen LogP contribution in [0.4, 0.5) is 0 Å².